The van der Waals surface area contributed by atoms with Crippen LogP contribution in [0.4, 0.5) is 5.82 Å². The standard InChI is InChI=1S/C24H35N5O/c1-4-14-25-20-19(21-26-16-18(27-21)15-17-8-6-5-7-9-17)28-22(29-20)23(2)10-12-24(3,30)13-11-23/h5-9,18,25,30H,4,10-16H2,1-3H3,(H,26,27)(H,28,29)/t18-,23?,24?/m1/s1. The number of nitrogens with one attached hydrogen (secondary N) is 3. The molecule has 162 valence electrons. The third-order valence-electron chi connectivity index (χ3n) is 6.62. The number of hydrogen-bond acceptors (Lipinski definition) is 5. The number of amidine groups is 1. The van der Waals surface area contributed by atoms with Crippen molar-refractivity contribution >= 4 is 11.7 Å². The molecule has 0 saturated heterocycles. The topological polar surface area (TPSA) is 85.3 Å². The normalized spacial score (nSPS) is 28.8. The molecule has 6 nitrogen and oxygen atoms in total. The second-order valence-electron chi connectivity index (χ2n) is 9.51. The number of hydrogen-bond donors (Lipinski definition) is 4. The van der Waals surface area contributed by atoms with Gasteiger partial charge >= 0.3 is 0 Å². The Morgan fingerprint density at radius 2 is 1.87 bits per heavy atom. The molecule has 1 atom stereocenters. The van der Waals surface area contributed by atoms with Crippen LogP contribution in [-0.4, -0.2) is 45.6 Å². The van der Waals surface area contributed by atoms with Crippen molar-refractivity contribution in [2.75, 3.05) is 18.4 Å². The summed E-state index contributed by atoms with van der Waals surface area (Å²) in [5.41, 5.74) is 1.68. The lowest BCUT2D eigenvalue weighted by atomic mass is 9.70. The van der Waals surface area contributed by atoms with Crippen molar-refractivity contribution in [2.24, 2.45) is 4.99 Å². The zero-order valence-corrected chi connectivity index (χ0v) is 18.5. The average Bonchev–Trinajstić information content (AvgIpc) is 3.37. The van der Waals surface area contributed by atoms with Crippen LogP contribution in [0.2, 0.25) is 0 Å². The van der Waals surface area contributed by atoms with Crippen LogP contribution < -0.4 is 10.6 Å². The van der Waals surface area contributed by atoms with Crippen LogP contribution in [0.25, 0.3) is 0 Å². The lowest BCUT2D eigenvalue weighted by Gasteiger charge is -2.39. The van der Waals surface area contributed by atoms with E-state index in [1.54, 1.807) is 0 Å². The molecule has 1 aliphatic carbocycles. The van der Waals surface area contributed by atoms with Crippen molar-refractivity contribution in [3.05, 3.63) is 47.4 Å². The summed E-state index contributed by atoms with van der Waals surface area (Å²) in [6.07, 6.45) is 5.45. The van der Waals surface area contributed by atoms with Gasteiger partial charge < -0.3 is 20.7 Å². The SMILES string of the molecule is CCCNc1nc(C2(C)CCC(C)(O)CC2)[nH]c1C1=NC[C@@H](Cc2ccccc2)N1. The largest absolute Gasteiger partial charge is 0.390 e. The number of anilines is 1. The summed E-state index contributed by atoms with van der Waals surface area (Å²) in [5.74, 6) is 2.79. The van der Waals surface area contributed by atoms with E-state index in [0.29, 0.717) is 6.04 Å². The van der Waals surface area contributed by atoms with Crippen molar-refractivity contribution in [3.8, 4) is 0 Å². The summed E-state index contributed by atoms with van der Waals surface area (Å²) in [7, 11) is 0. The van der Waals surface area contributed by atoms with Gasteiger partial charge in [0.2, 0.25) is 0 Å². The third-order valence-corrected chi connectivity index (χ3v) is 6.62. The van der Waals surface area contributed by atoms with Crippen LogP contribution in [0.15, 0.2) is 35.3 Å². The Morgan fingerprint density at radius 3 is 2.57 bits per heavy atom. The first-order valence-electron chi connectivity index (χ1n) is 11.3. The van der Waals surface area contributed by atoms with E-state index in [1.165, 1.54) is 5.56 Å². The van der Waals surface area contributed by atoms with Crippen LogP contribution in [0.5, 0.6) is 0 Å². The zero-order chi connectivity index (χ0) is 21.2. The first-order chi connectivity index (χ1) is 14.4. The van der Waals surface area contributed by atoms with Gasteiger partial charge in [-0.05, 0) is 51.0 Å². The Kier molecular flexibility index (Phi) is 5.87. The summed E-state index contributed by atoms with van der Waals surface area (Å²) in [5, 5.41) is 17.5. The number of aliphatic hydroxyl groups is 1. The number of rotatable bonds is 7. The van der Waals surface area contributed by atoms with Crippen LogP contribution >= 0.6 is 0 Å². The number of aromatic nitrogens is 2. The molecular weight excluding hydrogens is 374 g/mol. The molecule has 0 radical (unpaired) electrons. The molecule has 1 aliphatic heterocycles. The molecule has 1 aromatic carbocycles. The number of H-pyrrole nitrogens is 1. The molecular formula is C24H35N5O. The monoisotopic (exact) mass is 409 g/mol. The maximum absolute atomic E-state index is 10.4. The Hall–Kier alpha value is -2.34. The van der Waals surface area contributed by atoms with E-state index < -0.39 is 5.60 Å². The zero-order valence-electron chi connectivity index (χ0n) is 18.5. The van der Waals surface area contributed by atoms with E-state index in [2.05, 4.69) is 59.8 Å². The third kappa shape index (κ3) is 4.53. The van der Waals surface area contributed by atoms with Crippen LogP contribution in [-0.2, 0) is 11.8 Å². The van der Waals surface area contributed by atoms with Gasteiger partial charge in [-0.25, -0.2) is 4.98 Å². The number of benzene rings is 1. The van der Waals surface area contributed by atoms with Crippen molar-refractivity contribution < 1.29 is 5.11 Å². The average molecular weight is 410 g/mol. The Balaban J connectivity index is 1.52. The summed E-state index contributed by atoms with van der Waals surface area (Å²) in [6, 6.07) is 10.9. The summed E-state index contributed by atoms with van der Waals surface area (Å²) in [6.45, 7) is 8.01. The minimum atomic E-state index is -0.556. The Bertz CT molecular complexity index is 876. The molecule has 4 N–H and O–H groups in total. The molecule has 2 heterocycles. The van der Waals surface area contributed by atoms with Gasteiger partial charge in [0.15, 0.2) is 5.82 Å². The highest BCUT2D eigenvalue weighted by Gasteiger charge is 2.40. The number of imidazole rings is 1. The van der Waals surface area contributed by atoms with Crippen molar-refractivity contribution in [3.63, 3.8) is 0 Å². The van der Waals surface area contributed by atoms with Crippen LogP contribution in [0.3, 0.4) is 0 Å². The minimum absolute atomic E-state index is 0.0499. The van der Waals surface area contributed by atoms with Gasteiger partial charge in [-0.3, -0.25) is 4.99 Å². The van der Waals surface area contributed by atoms with Gasteiger partial charge in [-0.15, -0.1) is 0 Å². The fourth-order valence-corrected chi connectivity index (χ4v) is 4.43. The first-order valence-corrected chi connectivity index (χ1v) is 11.3. The molecule has 1 saturated carbocycles. The highest BCUT2D eigenvalue weighted by Crippen LogP contribution is 2.42. The summed E-state index contributed by atoms with van der Waals surface area (Å²) in [4.78, 5) is 13.4. The molecule has 0 spiro atoms. The van der Waals surface area contributed by atoms with E-state index in [0.717, 1.165) is 74.8 Å². The molecule has 30 heavy (non-hydrogen) atoms. The molecule has 1 fully saturated rings. The second-order valence-corrected chi connectivity index (χ2v) is 9.51. The molecule has 6 heteroatoms. The number of aliphatic imine (C=N–C) groups is 1. The summed E-state index contributed by atoms with van der Waals surface area (Å²) >= 11 is 0. The predicted molar refractivity (Wildman–Crippen MR) is 122 cm³/mol. The van der Waals surface area contributed by atoms with E-state index in [4.69, 9.17) is 9.98 Å². The van der Waals surface area contributed by atoms with Crippen molar-refractivity contribution in [1.29, 1.82) is 0 Å². The van der Waals surface area contributed by atoms with Crippen molar-refractivity contribution in [1.82, 2.24) is 15.3 Å². The van der Waals surface area contributed by atoms with E-state index in [-0.39, 0.29) is 5.41 Å². The van der Waals surface area contributed by atoms with E-state index in [9.17, 15) is 5.11 Å². The molecule has 0 amide bonds. The van der Waals surface area contributed by atoms with Gasteiger partial charge in [0.25, 0.3) is 0 Å². The molecule has 0 bridgehead atoms. The Labute approximate surface area is 179 Å². The van der Waals surface area contributed by atoms with Crippen LogP contribution in [0.1, 0.15) is 70.0 Å². The fourth-order valence-electron chi connectivity index (χ4n) is 4.43. The highest BCUT2D eigenvalue weighted by atomic mass is 16.3. The lowest BCUT2D eigenvalue weighted by molar-refractivity contribution is 0.00179. The lowest BCUT2D eigenvalue weighted by Crippen LogP contribution is -2.38. The highest BCUT2D eigenvalue weighted by molar-refractivity contribution is 6.02. The maximum Gasteiger partial charge on any atom is 0.155 e. The van der Waals surface area contributed by atoms with Gasteiger partial charge in [-0.2, -0.15) is 0 Å². The van der Waals surface area contributed by atoms with Gasteiger partial charge in [0, 0.05) is 12.0 Å². The first kappa shape index (κ1) is 20.9. The van der Waals surface area contributed by atoms with Gasteiger partial charge in [0.1, 0.15) is 17.4 Å². The summed E-state index contributed by atoms with van der Waals surface area (Å²) < 4.78 is 0. The van der Waals surface area contributed by atoms with Crippen molar-refractivity contribution in [2.45, 2.75) is 76.4 Å². The van der Waals surface area contributed by atoms with E-state index >= 15 is 0 Å². The quantitative estimate of drug-likeness (QED) is 0.561. The molecule has 1 aromatic heterocycles. The van der Waals surface area contributed by atoms with E-state index in [1.807, 2.05) is 6.92 Å². The molecule has 4 rings (SSSR count). The maximum atomic E-state index is 10.4. The fraction of sp³-hybridized carbons (Fsp3) is 0.583. The smallest absolute Gasteiger partial charge is 0.155 e. The molecule has 2 aromatic rings. The number of nitrogens with zero attached hydrogens (tertiary/aromatic N) is 2. The van der Waals surface area contributed by atoms with Gasteiger partial charge in [0.05, 0.1) is 18.2 Å². The number of aromatic amines is 1. The predicted octanol–water partition coefficient (Wildman–Crippen LogP) is 3.78. The van der Waals surface area contributed by atoms with Gasteiger partial charge in [-0.1, -0.05) is 44.2 Å². The molecule has 2 aliphatic rings. The molecule has 0 unspecified atom stereocenters. The second kappa shape index (κ2) is 8.42. The minimum Gasteiger partial charge on any atom is -0.390 e. The Morgan fingerprint density at radius 1 is 1.13 bits per heavy atom. The van der Waals surface area contributed by atoms with Crippen LogP contribution in [0, 0.1) is 0 Å².